The van der Waals surface area contributed by atoms with Gasteiger partial charge in [-0.05, 0) is 27.6 Å². The fourth-order valence-electron chi connectivity index (χ4n) is 1.69. The molecular weight excluding hydrogens is 280 g/mol. The van der Waals surface area contributed by atoms with Gasteiger partial charge in [-0.3, -0.25) is 9.97 Å². The molecule has 0 spiro atoms. The van der Waals surface area contributed by atoms with Gasteiger partial charge in [-0.15, -0.1) is 0 Å². The second-order valence-corrected chi connectivity index (χ2v) is 4.63. The molecule has 2 N–H and O–H groups in total. The monoisotopic (exact) mass is 292 g/mol. The second-order valence-electron chi connectivity index (χ2n) is 3.78. The molecule has 0 amide bonds. The van der Waals surface area contributed by atoms with Crippen LogP contribution in [0.15, 0.2) is 41.4 Å². The smallest absolute Gasteiger partial charge is 0.0776 e. The number of anilines is 2. The Hall–Kier alpha value is -1.62. The average molecular weight is 293 g/mol. The predicted octanol–water partition coefficient (Wildman–Crippen LogP) is 2.46. The molecule has 0 aliphatic heterocycles. The number of nitrogens with zero attached hydrogens (tertiary/aromatic N) is 3. The zero-order chi connectivity index (χ0) is 12.3. The Morgan fingerprint density at radius 1 is 1.29 bits per heavy atom. The summed E-state index contributed by atoms with van der Waals surface area (Å²) in [5.74, 6) is 0. The molecule has 5 heteroatoms. The lowest BCUT2D eigenvalue weighted by atomic mass is 10.2. The molecule has 0 aromatic carbocycles. The molecule has 2 rings (SSSR count). The van der Waals surface area contributed by atoms with Gasteiger partial charge in [0.2, 0.25) is 0 Å². The van der Waals surface area contributed by atoms with Crippen molar-refractivity contribution in [3.63, 3.8) is 0 Å². The Kier molecular flexibility index (Phi) is 3.58. The van der Waals surface area contributed by atoms with Gasteiger partial charge >= 0.3 is 0 Å². The molecule has 0 atom stereocenters. The first kappa shape index (κ1) is 11.9. The number of aromatic nitrogens is 2. The standard InChI is InChI=1S/C12H13BrN4/c1-17(8-9-3-2-4-15-5-9)12-10(13)6-16-7-11(12)14/h2-7H,8,14H2,1H3. The molecule has 0 radical (unpaired) electrons. The predicted molar refractivity (Wildman–Crippen MR) is 72.7 cm³/mol. The summed E-state index contributed by atoms with van der Waals surface area (Å²) in [7, 11) is 1.99. The fourth-order valence-corrected chi connectivity index (χ4v) is 2.34. The van der Waals surface area contributed by atoms with E-state index in [1.165, 1.54) is 0 Å². The molecule has 88 valence electrons. The summed E-state index contributed by atoms with van der Waals surface area (Å²) in [4.78, 5) is 10.2. The normalized spacial score (nSPS) is 10.2. The minimum absolute atomic E-state index is 0.658. The Morgan fingerprint density at radius 3 is 2.76 bits per heavy atom. The van der Waals surface area contributed by atoms with Gasteiger partial charge in [-0.25, -0.2) is 0 Å². The highest BCUT2D eigenvalue weighted by molar-refractivity contribution is 9.10. The van der Waals surface area contributed by atoms with E-state index in [1.54, 1.807) is 18.6 Å². The Bertz CT molecular complexity index is 481. The molecule has 0 fully saturated rings. The Labute approximate surface area is 109 Å². The number of nitrogens with two attached hydrogens (primary N) is 1. The molecule has 2 aromatic rings. The summed E-state index contributed by atoms with van der Waals surface area (Å²) < 4.78 is 0.892. The number of nitrogen functional groups attached to an aromatic ring is 1. The van der Waals surface area contributed by atoms with Gasteiger partial charge in [0.05, 0.1) is 22.0 Å². The summed E-state index contributed by atoms with van der Waals surface area (Å²) >= 11 is 3.46. The van der Waals surface area contributed by atoms with Gasteiger partial charge in [0.15, 0.2) is 0 Å². The van der Waals surface area contributed by atoms with E-state index in [0.717, 1.165) is 22.3 Å². The lowest BCUT2D eigenvalue weighted by molar-refractivity contribution is 0.911. The molecule has 17 heavy (non-hydrogen) atoms. The Balaban J connectivity index is 2.23. The first-order chi connectivity index (χ1) is 8.18. The summed E-state index contributed by atoms with van der Waals surface area (Å²) in [6, 6.07) is 3.96. The highest BCUT2D eigenvalue weighted by atomic mass is 79.9. The molecule has 2 aromatic heterocycles. The fraction of sp³-hybridized carbons (Fsp3) is 0.167. The second kappa shape index (κ2) is 5.14. The third-order valence-corrected chi connectivity index (χ3v) is 3.01. The molecule has 2 heterocycles. The van der Waals surface area contributed by atoms with E-state index in [2.05, 4.69) is 30.8 Å². The van der Waals surface area contributed by atoms with Crippen LogP contribution < -0.4 is 10.6 Å². The molecule has 0 bridgehead atoms. The number of rotatable bonds is 3. The van der Waals surface area contributed by atoms with E-state index < -0.39 is 0 Å². The minimum atomic E-state index is 0.658. The minimum Gasteiger partial charge on any atom is -0.396 e. The van der Waals surface area contributed by atoms with Crippen LogP contribution >= 0.6 is 15.9 Å². The van der Waals surface area contributed by atoms with Crippen molar-refractivity contribution < 1.29 is 0 Å². The van der Waals surface area contributed by atoms with Crippen LogP contribution in [0.1, 0.15) is 5.56 Å². The molecule has 0 aliphatic carbocycles. The maximum atomic E-state index is 5.93. The zero-order valence-corrected chi connectivity index (χ0v) is 11.1. The summed E-state index contributed by atoms with van der Waals surface area (Å²) in [6.07, 6.45) is 7.01. The third kappa shape index (κ3) is 2.74. The van der Waals surface area contributed by atoms with Crippen molar-refractivity contribution in [1.29, 1.82) is 0 Å². The van der Waals surface area contributed by atoms with Crippen LogP contribution in [0.2, 0.25) is 0 Å². The summed E-state index contributed by atoms with van der Waals surface area (Å²) in [5.41, 5.74) is 8.67. The molecule has 0 aliphatic rings. The molecule has 0 unspecified atom stereocenters. The van der Waals surface area contributed by atoms with Crippen LogP contribution in [0.5, 0.6) is 0 Å². The SMILES string of the molecule is CN(Cc1cccnc1)c1c(N)cncc1Br. The van der Waals surface area contributed by atoms with Gasteiger partial charge in [0, 0.05) is 32.2 Å². The van der Waals surface area contributed by atoms with Crippen molar-refractivity contribution in [1.82, 2.24) is 9.97 Å². The summed E-state index contributed by atoms with van der Waals surface area (Å²) in [6.45, 7) is 0.751. The average Bonchev–Trinajstić information content (AvgIpc) is 2.30. The first-order valence-corrected chi connectivity index (χ1v) is 5.97. The van der Waals surface area contributed by atoms with E-state index in [9.17, 15) is 0 Å². The van der Waals surface area contributed by atoms with Crippen LogP contribution in [-0.2, 0) is 6.54 Å². The van der Waals surface area contributed by atoms with Crippen LogP contribution in [0.25, 0.3) is 0 Å². The highest BCUT2D eigenvalue weighted by Crippen LogP contribution is 2.30. The number of hydrogen-bond donors (Lipinski definition) is 1. The van der Waals surface area contributed by atoms with Crippen LogP contribution in [0.4, 0.5) is 11.4 Å². The number of halogens is 1. The molecular formula is C12H13BrN4. The first-order valence-electron chi connectivity index (χ1n) is 5.17. The van der Waals surface area contributed by atoms with Crippen LogP contribution in [0.3, 0.4) is 0 Å². The van der Waals surface area contributed by atoms with E-state index in [4.69, 9.17) is 5.73 Å². The highest BCUT2D eigenvalue weighted by Gasteiger charge is 2.10. The Morgan fingerprint density at radius 2 is 2.12 bits per heavy atom. The van der Waals surface area contributed by atoms with E-state index in [0.29, 0.717) is 5.69 Å². The van der Waals surface area contributed by atoms with Gasteiger partial charge in [-0.1, -0.05) is 6.07 Å². The number of pyridine rings is 2. The van der Waals surface area contributed by atoms with Crippen molar-refractivity contribution in [2.45, 2.75) is 6.54 Å². The molecule has 0 saturated heterocycles. The number of hydrogen-bond acceptors (Lipinski definition) is 4. The lowest BCUT2D eigenvalue weighted by Gasteiger charge is -2.22. The van der Waals surface area contributed by atoms with Crippen molar-refractivity contribution in [2.24, 2.45) is 0 Å². The van der Waals surface area contributed by atoms with Crippen molar-refractivity contribution in [3.8, 4) is 0 Å². The van der Waals surface area contributed by atoms with E-state index in [1.807, 2.05) is 25.4 Å². The van der Waals surface area contributed by atoms with Crippen LogP contribution in [-0.4, -0.2) is 17.0 Å². The van der Waals surface area contributed by atoms with Crippen molar-refractivity contribution >= 4 is 27.3 Å². The van der Waals surface area contributed by atoms with Gasteiger partial charge in [-0.2, -0.15) is 0 Å². The van der Waals surface area contributed by atoms with Gasteiger partial charge in [0.25, 0.3) is 0 Å². The van der Waals surface area contributed by atoms with Crippen molar-refractivity contribution in [2.75, 3.05) is 17.7 Å². The zero-order valence-electron chi connectivity index (χ0n) is 9.47. The van der Waals surface area contributed by atoms with Gasteiger partial charge in [0.1, 0.15) is 0 Å². The van der Waals surface area contributed by atoms with Crippen molar-refractivity contribution in [3.05, 3.63) is 47.0 Å². The van der Waals surface area contributed by atoms with E-state index >= 15 is 0 Å². The maximum absolute atomic E-state index is 5.93. The van der Waals surface area contributed by atoms with E-state index in [-0.39, 0.29) is 0 Å². The third-order valence-electron chi connectivity index (χ3n) is 2.43. The maximum Gasteiger partial charge on any atom is 0.0776 e. The quantitative estimate of drug-likeness (QED) is 0.944. The summed E-state index contributed by atoms with van der Waals surface area (Å²) in [5, 5.41) is 0. The van der Waals surface area contributed by atoms with Crippen LogP contribution in [0, 0.1) is 0 Å². The largest absolute Gasteiger partial charge is 0.396 e. The topological polar surface area (TPSA) is 55.0 Å². The molecule has 4 nitrogen and oxygen atoms in total. The lowest BCUT2D eigenvalue weighted by Crippen LogP contribution is -2.18. The van der Waals surface area contributed by atoms with Gasteiger partial charge < -0.3 is 10.6 Å². The molecule has 0 saturated carbocycles.